The van der Waals surface area contributed by atoms with Crippen molar-refractivity contribution in [2.45, 2.75) is 72.4 Å². The molecule has 0 atom stereocenters. The SMILES string of the molecule is CC(C)NC(=O)OCc1c(COC(=O)NC(C)C)c(-c2cccnc2)n2c1CCC2. The maximum Gasteiger partial charge on any atom is 0.407 e. The Hall–Kier alpha value is -3.03. The quantitative estimate of drug-likeness (QED) is 0.719. The van der Waals surface area contributed by atoms with Gasteiger partial charge in [0.15, 0.2) is 0 Å². The summed E-state index contributed by atoms with van der Waals surface area (Å²) in [5.41, 5.74) is 4.79. The highest BCUT2D eigenvalue weighted by atomic mass is 16.6. The van der Waals surface area contributed by atoms with E-state index in [0.29, 0.717) is 0 Å². The lowest BCUT2D eigenvalue weighted by Gasteiger charge is -2.14. The third-order valence-electron chi connectivity index (χ3n) is 4.83. The molecule has 1 aliphatic heterocycles. The lowest BCUT2D eigenvalue weighted by molar-refractivity contribution is 0.129. The molecule has 3 heterocycles. The first-order chi connectivity index (χ1) is 14.4. The van der Waals surface area contributed by atoms with Crippen molar-refractivity contribution in [3.63, 3.8) is 0 Å². The summed E-state index contributed by atoms with van der Waals surface area (Å²) in [7, 11) is 0. The average Bonchev–Trinajstić information content (AvgIpc) is 3.24. The Labute approximate surface area is 177 Å². The summed E-state index contributed by atoms with van der Waals surface area (Å²) in [5.74, 6) is 0. The number of ether oxygens (including phenoxy) is 2. The number of amides is 2. The largest absolute Gasteiger partial charge is 0.445 e. The van der Waals surface area contributed by atoms with Gasteiger partial charge >= 0.3 is 12.2 Å². The molecule has 8 nitrogen and oxygen atoms in total. The molecular weight excluding hydrogens is 384 g/mol. The van der Waals surface area contributed by atoms with Crippen LogP contribution in [0.4, 0.5) is 9.59 Å². The fourth-order valence-corrected chi connectivity index (χ4v) is 3.70. The molecule has 3 rings (SSSR count). The second-order valence-electron chi connectivity index (χ2n) is 8.00. The molecule has 30 heavy (non-hydrogen) atoms. The Morgan fingerprint density at radius 3 is 2.27 bits per heavy atom. The van der Waals surface area contributed by atoms with Gasteiger partial charge in [-0.25, -0.2) is 9.59 Å². The first kappa shape index (κ1) is 21.7. The Morgan fingerprint density at radius 2 is 1.70 bits per heavy atom. The summed E-state index contributed by atoms with van der Waals surface area (Å²) in [5, 5.41) is 5.47. The summed E-state index contributed by atoms with van der Waals surface area (Å²) in [6.07, 6.45) is 4.49. The van der Waals surface area contributed by atoms with Gasteiger partial charge in [0.05, 0.1) is 5.69 Å². The summed E-state index contributed by atoms with van der Waals surface area (Å²) < 4.78 is 13.2. The van der Waals surface area contributed by atoms with E-state index >= 15 is 0 Å². The Kier molecular flexibility index (Phi) is 6.97. The van der Waals surface area contributed by atoms with Crippen LogP contribution in [0.2, 0.25) is 0 Å². The molecule has 0 spiro atoms. The Morgan fingerprint density at radius 1 is 1.07 bits per heavy atom. The van der Waals surface area contributed by atoms with Crippen molar-refractivity contribution in [3.05, 3.63) is 41.3 Å². The highest BCUT2D eigenvalue weighted by Crippen LogP contribution is 2.36. The molecule has 162 valence electrons. The van der Waals surface area contributed by atoms with Crippen molar-refractivity contribution >= 4 is 12.2 Å². The standard InChI is InChI=1S/C22H30N4O4/c1-14(2)24-21(27)29-12-17-18(13-30-22(28)25-15(3)4)20(16-7-5-9-23-11-16)26-10-6-8-19(17)26/h5,7,9,11,14-15H,6,8,10,12-13H2,1-4H3,(H,24,27)(H,25,28). The van der Waals surface area contributed by atoms with Gasteiger partial charge in [-0.05, 0) is 52.7 Å². The van der Waals surface area contributed by atoms with E-state index in [4.69, 9.17) is 9.47 Å². The number of carbonyl (C=O) groups excluding carboxylic acids is 2. The summed E-state index contributed by atoms with van der Waals surface area (Å²) >= 11 is 0. The van der Waals surface area contributed by atoms with E-state index in [1.807, 2.05) is 39.8 Å². The summed E-state index contributed by atoms with van der Waals surface area (Å²) in [6.45, 7) is 8.59. The number of carbonyl (C=O) groups is 2. The van der Waals surface area contributed by atoms with E-state index in [2.05, 4.69) is 20.2 Å². The number of fused-ring (bicyclic) bond motifs is 1. The molecule has 2 N–H and O–H groups in total. The molecule has 1 aliphatic rings. The number of nitrogens with zero attached hydrogens (tertiary/aromatic N) is 2. The van der Waals surface area contributed by atoms with Gasteiger partial charge in [0.25, 0.3) is 0 Å². The number of hydrogen-bond donors (Lipinski definition) is 2. The van der Waals surface area contributed by atoms with E-state index in [-0.39, 0.29) is 25.3 Å². The molecule has 8 heteroatoms. The predicted octanol–water partition coefficient (Wildman–Crippen LogP) is 3.77. The van der Waals surface area contributed by atoms with Crippen molar-refractivity contribution in [1.82, 2.24) is 20.2 Å². The molecule has 0 radical (unpaired) electrons. The maximum atomic E-state index is 12.1. The monoisotopic (exact) mass is 414 g/mol. The average molecular weight is 415 g/mol. The fraction of sp³-hybridized carbons (Fsp3) is 0.500. The minimum atomic E-state index is -0.474. The smallest absolute Gasteiger partial charge is 0.407 e. The number of alkyl carbamates (subject to hydrolysis) is 2. The van der Waals surface area contributed by atoms with Gasteiger partial charge in [0, 0.05) is 53.4 Å². The fourth-order valence-electron chi connectivity index (χ4n) is 3.70. The van der Waals surface area contributed by atoms with Crippen LogP contribution < -0.4 is 10.6 Å². The molecule has 2 amide bonds. The molecule has 2 aromatic heterocycles. The van der Waals surface area contributed by atoms with Gasteiger partial charge in [0.2, 0.25) is 0 Å². The highest BCUT2D eigenvalue weighted by molar-refractivity contribution is 5.71. The second kappa shape index (κ2) is 9.65. The van der Waals surface area contributed by atoms with Gasteiger partial charge in [-0.3, -0.25) is 4.98 Å². The Balaban J connectivity index is 1.93. The van der Waals surface area contributed by atoms with Gasteiger partial charge < -0.3 is 24.7 Å². The van der Waals surface area contributed by atoms with Crippen LogP contribution in [0.1, 0.15) is 50.9 Å². The number of nitrogens with one attached hydrogen (secondary N) is 2. The zero-order valence-electron chi connectivity index (χ0n) is 18.0. The number of rotatable bonds is 7. The first-order valence-electron chi connectivity index (χ1n) is 10.4. The zero-order valence-corrected chi connectivity index (χ0v) is 18.0. The van der Waals surface area contributed by atoms with Crippen LogP contribution in [0.3, 0.4) is 0 Å². The lowest BCUT2D eigenvalue weighted by atomic mass is 10.0. The second-order valence-corrected chi connectivity index (χ2v) is 8.00. The molecule has 0 unspecified atom stereocenters. The topological polar surface area (TPSA) is 94.5 Å². The van der Waals surface area contributed by atoms with E-state index < -0.39 is 12.2 Å². The van der Waals surface area contributed by atoms with E-state index in [1.165, 1.54) is 0 Å². The minimum absolute atomic E-state index is 0.00857. The molecular formula is C22H30N4O4. The van der Waals surface area contributed by atoms with Gasteiger partial charge in [-0.1, -0.05) is 0 Å². The molecule has 0 bridgehead atoms. The van der Waals surface area contributed by atoms with Crippen LogP contribution in [0, 0.1) is 0 Å². The van der Waals surface area contributed by atoms with Crippen molar-refractivity contribution in [3.8, 4) is 11.3 Å². The number of hydrogen-bond acceptors (Lipinski definition) is 5. The first-order valence-corrected chi connectivity index (χ1v) is 10.4. The molecule has 0 saturated heterocycles. The highest BCUT2D eigenvalue weighted by Gasteiger charge is 2.28. The third kappa shape index (κ3) is 5.11. The van der Waals surface area contributed by atoms with Crippen molar-refractivity contribution < 1.29 is 19.1 Å². The van der Waals surface area contributed by atoms with Crippen LogP contribution in [0.25, 0.3) is 11.3 Å². The lowest BCUT2D eigenvalue weighted by Crippen LogP contribution is -2.31. The van der Waals surface area contributed by atoms with E-state index in [0.717, 1.165) is 47.5 Å². The molecule has 0 fully saturated rings. The van der Waals surface area contributed by atoms with Crippen molar-refractivity contribution in [2.24, 2.45) is 0 Å². The molecule has 0 saturated carbocycles. The minimum Gasteiger partial charge on any atom is -0.445 e. The molecule has 0 aliphatic carbocycles. The van der Waals surface area contributed by atoms with E-state index in [9.17, 15) is 9.59 Å². The summed E-state index contributed by atoms with van der Waals surface area (Å²) in [4.78, 5) is 28.4. The maximum absolute atomic E-state index is 12.1. The summed E-state index contributed by atoms with van der Waals surface area (Å²) in [6, 6.07) is 3.84. The van der Waals surface area contributed by atoms with Gasteiger partial charge in [-0.15, -0.1) is 0 Å². The van der Waals surface area contributed by atoms with Gasteiger partial charge in [0.1, 0.15) is 13.2 Å². The van der Waals surface area contributed by atoms with Crippen LogP contribution in [0.5, 0.6) is 0 Å². The normalized spacial score (nSPS) is 12.7. The molecule has 2 aromatic rings. The number of pyridine rings is 1. The zero-order chi connectivity index (χ0) is 21.7. The van der Waals surface area contributed by atoms with Crippen molar-refractivity contribution in [1.29, 1.82) is 0 Å². The van der Waals surface area contributed by atoms with E-state index in [1.54, 1.807) is 12.4 Å². The van der Waals surface area contributed by atoms with Crippen LogP contribution in [-0.2, 0) is 35.7 Å². The van der Waals surface area contributed by atoms with Crippen molar-refractivity contribution in [2.75, 3.05) is 0 Å². The van der Waals surface area contributed by atoms with Gasteiger partial charge in [-0.2, -0.15) is 0 Å². The third-order valence-corrected chi connectivity index (χ3v) is 4.83. The predicted molar refractivity (Wildman–Crippen MR) is 113 cm³/mol. The Bertz CT molecular complexity index is 890. The van der Waals surface area contributed by atoms with Crippen LogP contribution >= 0.6 is 0 Å². The molecule has 0 aromatic carbocycles. The van der Waals surface area contributed by atoms with Crippen LogP contribution in [0.15, 0.2) is 24.5 Å². The number of aromatic nitrogens is 2. The van der Waals surface area contributed by atoms with Crippen LogP contribution in [-0.4, -0.2) is 33.8 Å².